The van der Waals surface area contributed by atoms with Crippen molar-refractivity contribution in [2.75, 3.05) is 25.0 Å². The number of aromatic amines is 1. The quantitative estimate of drug-likeness (QED) is 0.426. The van der Waals surface area contributed by atoms with Crippen molar-refractivity contribution in [2.24, 2.45) is 0 Å². The molecule has 4 heterocycles. The van der Waals surface area contributed by atoms with Gasteiger partial charge in [0.15, 0.2) is 5.82 Å². The predicted molar refractivity (Wildman–Crippen MR) is 136 cm³/mol. The van der Waals surface area contributed by atoms with Gasteiger partial charge in [-0.05, 0) is 67.4 Å². The van der Waals surface area contributed by atoms with Gasteiger partial charge < -0.3 is 10.2 Å². The third kappa shape index (κ3) is 4.26. The predicted octanol–water partition coefficient (Wildman–Crippen LogP) is 5.08. The third-order valence-electron chi connectivity index (χ3n) is 6.86. The Morgan fingerprint density at radius 2 is 1.88 bits per heavy atom. The molecule has 0 aliphatic carbocycles. The van der Waals surface area contributed by atoms with Gasteiger partial charge in [0, 0.05) is 48.2 Å². The number of hydrogen-bond donors (Lipinski definition) is 2. The molecule has 0 spiro atoms. The van der Waals surface area contributed by atoms with E-state index in [-0.39, 0.29) is 0 Å². The second kappa shape index (κ2) is 8.91. The maximum Gasteiger partial charge on any atom is 0.161 e. The molecule has 0 amide bonds. The first-order valence-electron chi connectivity index (χ1n) is 12.0. The van der Waals surface area contributed by atoms with E-state index in [1.54, 1.807) is 6.20 Å². The Labute approximate surface area is 199 Å². The molecule has 0 unspecified atom stereocenters. The number of nitrogens with one attached hydrogen (secondary N) is 2. The second-order valence-corrected chi connectivity index (χ2v) is 9.31. The molecule has 172 valence electrons. The van der Waals surface area contributed by atoms with Crippen molar-refractivity contribution in [1.29, 1.82) is 0 Å². The van der Waals surface area contributed by atoms with Crippen molar-refractivity contribution in [3.05, 3.63) is 78.3 Å². The highest BCUT2D eigenvalue weighted by atomic mass is 15.2. The maximum absolute atomic E-state index is 4.78. The lowest BCUT2D eigenvalue weighted by Gasteiger charge is -2.30. The van der Waals surface area contributed by atoms with Crippen LogP contribution in [0.25, 0.3) is 22.3 Å². The molecular formula is C27H29N7. The molecule has 1 saturated heterocycles. The van der Waals surface area contributed by atoms with Gasteiger partial charge in [-0.3, -0.25) is 10.00 Å². The number of benzene rings is 2. The average Bonchev–Trinajstić information content (AvgIpc) is 3.51. The largest absolute Gasteiger partial charge is 0.366 e. The van der Waals surface area contributed by atoms with Crippen molar-refractivity contribution in [2.45, 2.75) is 32.4 Å². The summed E-state index contributed by atoms with van der Waals surface area (Å²) in [7, 11) is 0. The van der Waals surface area contributed by atoms with Crippen LogP contribution < -0.4 is 5.32 Å². The number of rotatable bonds is 6. The van der Waals surface area contributed by atoms with Gasteiger partial charge in [-0.25, -0.2) is 9.97 Å². The van der Waals surface area contributed by atoms with Gasteiger partial charge in [0.25, 0.3) is 0 Å². The van der Waals surface area contributed by atoms with E-state index in [0.717, 1.165) is 53.4 Å². The molecule has 2 aromatic carbocycles. The molecule has 0 radical (unpaired) electrons. The Balaban J connectivity index is 1.16. The number of likely N-dealkylation sites (tertiary alicyclic amines) is 1. The molecule has 2 N–H and O–H groups in total. The van der Waals surface area contributed by atoms with Crippen molar-refractivity contribution in [1.82, 2.24) is 30.0 Å². The van der Waals surface area contributed by atoms with Crippen LogP contribution >= 0.6 is 0 Å². The van der Waals surface area contributed by atoms with Gasteiger partial charge in [-0.1, -0.05) is 25.1 Å². The smallest absolute Gasteiger partial charge is 0.161 e. The first kappa shape index (κ1) is 20.9. The van der Waals surface area contributed by atoms with E-state index < -0.39 is 0 Å². The molecule has 0 bridgehead atoms. The van der Waals surface area contributed by atoms with E-state index in [0.29, 0.717) is 0 Å². The first-order valence-corrected chi connectivity index (χ1v) is 12.0. The Hall–Kier alpha value is -3.71. The lowest BCUT2D eigenvalue weighted by Crippen LogP contribution is -2.34. The fourth-order valence-electron chi connectivity index (χ4n) is 4.97. The summed E-state index contributed by atoms with van der Waals surface area (Å²) < 4.78 is 0. The summed E-state index contributed by atoms with van der Waals surface area (Å²) in [6, 6.07) is 14.6. The van der Waals surface area contributed by atoms with Crippen LogP contribution in [0.1, 0.15) is 30.4 Å². The number of fused-ring (bicyclic) bond motifs is 2. The highest BCUT2D eigenvalue weighted by Gasteiger charge is 2.22. The molecule has 2 aliphatic heterocycles. The molecule has 2 aromatic heterocycles. The molecule has 0 atom stereocenters. The number of nitrogens with zero attached hydrogens (tertiary/aromatic N) is 5. The van der Waals surface area contributed by atoms with E-state index in [4.69, 9.17) is 4.98 Å². The van der Waals surface area contributed by atoms with Gasteiger partial charge in [0.2, 0.25) is 0 Å². The molecule has 7 heteroatoms. The summed E-state index contributed by atoms with van der Waals surface area (Å²) in [6.07, 6.45) is 7.60. The van der Waals surface area contributed by atoms with E-state index in [2.05, 4.69) is 61.1 Å². The van der Waals surface area contributed by atoms with Crippen LogP contribution in [0.3, 0.4) is 0 Å². The monoisotopic (exact) mass is 451 g/mol. The molecular weight excluding hydrogens is 422 g/mol. The molecule has 6 rings (SSSR count). The van der Waals surface area contributed by atoms with Gasteiger partial charge in [-0.2, -0.15) is 5.10 Å². The third-order valence-corrected chi connectivity index (χ3v) is 6.86. The lowest BCUT2D eigenvalue weighted by atomic mass is 10.1. The van der Waals surface area contributed by atoms with Gasteiger partial charge in [-0.15, -0.1) is 0 Å². The Morgan fingerprint density at radius 1 is 1.00 bits per heavy atom. The number of piperidine rings is 1. The summed E-state index contributed by atoms with van der Waals surface area (Å²) in [6.45, 7) is 9.61. The van der Waals surface area contributed by atoms with Crippen molar-refractivity contribution in [3.63, 3.8) is 0 Å². The zero-order valence-corrected chi connectivity index (χ0v) is 19.3. The minimum Gasteiger partial charge on any atom is -0.366 e. The number of hydrogen-bond acceptors (Lipinski definition) is 6. The van der Waals surface area contributed by atoms with Crippen molar-refractivity contribution in [3.8, 4) is 11.4 Å². The Kier molecular flexibility index (Phi) is 5.47. The van der Waals surface area contributed by atoms with Crippen molar-refractivity contribution < 1.29 is 0 Å². The molecule has 4 aromatic rings. The lowest BCUT2D eigenvalue weighted by molar-refractivity contribution is 0.218. The Morgan fingerprint density at radius 3 is 2.79 bits per heavy atom. The van der Waals surface area contributed by atoms with Crippen LogP contribution in [0.5, 0.6) is 0 Å². The fourth-order valence-corrected chi connectivity index (χ4v) is 4.97. The molecule has 2 aliphatic rings. The topological polar surface area (TPSA) is 73.0 Å². The minimum atomic E-state index is 0.725. The molecule has 34 heavy (non-hydrogen) atoms. The second-order valence-electron chi connectivity index (χ2n) is 9.31. The standard InChI is InChI=1S/C27H29N7/c1-19(16-33-11-3-2-4-12-33)34-17-21-6-5-20(13-23(21)18-34)27-28-10-9-26(31-27)30-24-7-8-25-22(14-24)15-29-32-25/h5-10,13-15H,1-4,11-12,16-18H2,(H,29,32)(H,28,30,31). The van der Waals surface area contributed by atoms with Gasteiger partial charge >= 0.3 is 0 Å². The van der Waals surface area contributed by atoms with E-state index in [1.165, 1.54) is 49.2 Å². The molecule has 1 fully saturated rings. The van der Waals surface area contributed by atoms with Crippen LogP contribution in [0, 0.1) is 0 Å². The zero-order chi connectivity index (χ0) is 22.9. The first-order chi connectivity index (χ1) is 16.7. The van der Waals surface area contributed by atoms with E-state index in [9.17, 15) is 0 Å². The van der Waals surface area contributed by atoms with E-state index >= 15 is 0 Å². The van der Waals surface area contributed by atoms with Crippen LogP contribution in [-0.2, 0) is 13.1 Å². The highest BCUT2D eigenvalue weighted by molar-refractivity contribution is 5.82. The van der Waals surface area contributed by atoms with Crippen LogP contribution in [-0.4, -0.2) is 49.6 Å². The number of aromatic nitrogens is 4. The normalized spacial score (nSPS) is 16.1. The van der Waals surface area contributed by atoms with Crippen molar-refractivity contribution >= 4 is 22.4 Å². The number of anilines is 2. The summed E-state index contributed by atoms with van der Waals surface area (Å²) in [5.41, 5.74) is 6.94. The Bertz CT molecular complexity index is 1340. The molecule has 0 saturated carbocycles. The van der Waals surface area contributed by atoms with E-state index in [1.807, 2.05) is 24.4 Å². The summed E-state index contributed by atoms with van der Waals surface area (Å²) >= 11 is 0. The average molecular weight is 452 g/mol. The van der Waals surface area contributed by atoms with Gasteiger partial charge in [0.05, 0.1) is 11.7 Å². The van der Waals surface area contributed by atoms with Crippen LogP contribution in [0.4, 0.5) is 11.5 Å². The van der Waals surface area contributed by atoms with Crippen LogP contribution in [0.15, 0.2) is 67.1 Å². The summed E-state index contributed by atoms with van der Waals surface area (Å²) in [5, 5.41) is 11.5. The fraction of sp³-hybridized carbons (Fsp3) is 0.296. The minimum absolute atomic E-state index is 0.725. The van der Waals surface area contributed by atoms with Gasteiger partial charge in [0.1, 0.15) is 5.82 Å². The summed E-state index contributed by atoms with van der Waals surface area (Å²) in [4.78, 5) is 14.3. The summed E-state index contributed by atoms with van der Waals surface area (Å²) in [5.74, 6) is 1.49. The van der Waals surface area contributed by atoms with Crippen LogP contribution in [0.2, 0.25) is 0 Å². The number of H-pyrrole nitrogens is 1. The maximum atomic E-state index is 4.78. The molecule has 7 nitrogen and oxygen atoms in total. The highest BCUT2D eigenvalue weighted by Crippen LogP contribution is 2.30. The zero-order valence-electron chi connectivity index (χ0n) is 19.3. The SMILES string of the molecule is C=C(CN1CCCCC1)N1Cc2ccc(-c3nccc(Nc4ccc5[nH]ncc5c4)n3)cc2C1.